The number of hydrogen-bond donors (Lipinski definition) is 0. The van der Waals surface area contributed by atoms with Crippen LogP contribution in [0.4, 0.5) is 0 Å². The number of rotatable bonds is 1. The quantitative estimate of drug-likeness (QED) is 0.665. The molecule has 2 aliphatic carbocycles. The van der Waals surface area contributed by atoms with Crippen molar-refractivity contribution in [3.63, 3.8) is 0 Å². The van der Waals surface area contributed by atoms with E-state index in [0.717, 1.165) is 10.7 Å². The maximum Gasteiger partial charge on any atom is 0.0282 e. The SMILES string of the molecule is BrC1C2CCCCCC12c1ccccc1. The molecule has 0 radical (unpaired) electrons. The van der Waals surface area contributed by atoms with E-state index in [-0.39, 0.29) is 0 Å². The van der Waals surface area contributed by atoms with Gasteiger partial charge in [-0.2, -0.15) is 0 Å². The van der Waals surface area contributed by atoms with Gasteiger partial charge < -0.3 is 0 Å². The molecule has 0 nitrogen and oxygen atoms in total. The molecule has 1 heteroatoms. The van der Waals surface area contributed by atoms with E-state index in [2.05, 4.69) is 46.3 Å². The summed E-state index contributed by atoms with van der Waals surface area (Å²) in [5.74, 6) is 0.905. The molecule has 2 saturated carbocycles. The minimum Gasteiger partial charge on any atom is -0.0877 e. The third-order valence-corrected chi connectivity index (χ3v) is 5.77. The second kappa shape index (κ2) is 3.62. The molecule has 0 bridgehead atoms. The highest BCUT2D eigenvalue weighted by atomic mass is 79.9. The maximum atomic E-state index is 3.90. The minimum atomic E-state index is 0.498. The number of fused-ring (bicyclic) bond motifs is 1. The van der Waals surface area contributed by atoms with E-state index in [4.69, 9.17) is 0 Å². The summed E-state index contributed by atoms with van der Waals surface area (Å²) in [5.41, 5.74) is 2.07. The second-order valence-corrected chi connectivity index (χ2v) is 6.00. The van der Waals surface area contributed by atoms with Gasteiger partial charge in [-0.1, -0.05) is 65.5 Å². The predicted octanol–water partition coefficient (Wildman–Crippen LogP) is 4.28. The number of halogens is 1. The molecule has 15 heavy (non-hydrogen) atoms. The first-order chi connectivity index (χ1) is 7.36. The lowest BCUT2D eigenvalue weighted by Crippen LogP contribution is -2.11. The summed E-state index contributed by atoms with van der Waals surface area (Å²) >= 11 is 3.90. The van der Waals surface area contributed by atoms with Crippen LogP contribution < -0.4 is 0 Å². The predicted molar refractivity (Wildman–Crippen MR) is 67.4 cm³/mol. The van der Waals surface area contributed by atoms with Gasteiger partial charge in [-0.3, -0.25) is 0 Å². The molecule has 0 aromatic heterocycles. The highest BCUT2D eigenvalue weighted by Gasteiger charge is 2.63. The van der Waals surface area contributed by atoms with E-state index in [1.54, 1.807) is 5.56 Å². The summed E-state index contributed by atoms with van der Waals surface area (Å²) in [6.07, 6.45) is 7.09. The Morgan fingerprint density at radius 2 is 1.87 bits per heavy atom. The standard InChI is InChI=1S/C14H17Br/c15-13-12-9-5-2-6-10-14(12,13)11-7-3-1-4-8-11/h1,3-4,7-8,12-13H,2,5-6,9-10H2. The Kier molecular flexibility index (Phi) is 2.39. The van der Waals surface area contributed by atoms with Crippen LogP contribution in [-0.4, -0.2) is 4.83 Å². The molecule has 3 unspecified atom stereocenters. The first-order valence-corrected chi connectivity index (χ1v) is 6.97. The molecule has 0 N–H and O–H groups in total. The zero-order valence-electron chi connectivity index (χ0n) is 8.95. The van der Waals surface area contributed by atoms with Crippen LogP contribution in [0.5, 0.6) is 0 Å². The van der Waals surface area contributed by atoms with E-state index >= 15 is 0 Å². The van der Waals surface area contributed by atoms with Gasteiger partial charge in [-0.15, -0.1) is 0 Å². The Balaban J connectivity index is 1.96. The third-order valence-electron chi connectivity index (χ3n) is 4.31. The number of hydrogen-bond acceptors (Lipinski definition) is 0. The molecule has 3 atom stereocenters. The largest absolute Gasteiger partial charge is 0.0877 e. The topological polar surface area (TPSA) is 0 Å². The zero-order chi connectivity index (χ0) is 10.3. The fraction of sp³-hybridized carbons (Fsp3) is 0.571. The van der Waals surface area contributed by atoms with Gasteiger partial charge in [0.25, 0.3) is 0 Å². The molecule has 1 aromatic rings. The molecule has 80 valence electrons. The molecule has 0 heterocycles. The fourth-order valence-electron chi connectivity index (χ4n) is 3.42. The van der Waals surface area contributed by atoms with E-state index in [9.17, 15) is 0 Å². The van der Waals surface area contributed by atoms with Gasteiger partial charge in [0.05, 0.1) is 0 Å². The first kappa shape index (κ1) is 9.89. The molecule has 2 aliphatic rings. The van der Waals surface area contributed by atoms with Crippen molar-refractivity contribution in [2.75, 3.05) is 0 Å². The van der Waals surface area contributed by atoms with Crippen molar-refractivity contribution in [3.8, 4) is 0 Å². The summed E-state index contributed by atoms with van der Waals surface area (Å²) in [4.78, 5) is 0.743. The van der Waals surface area contributed by atoms with Gasteiger partial charge in [0.1, 0.15) is 0 Å². The van der Waals surface area contributed by atoms with Crippen molar-refractivity contribution in [3.05, 3.63) is 35.9 Å². The maximum absolute atomic E-state index is 3.90. The summed E-state index contributed by atoms with van der Waals surface area (Å²) in [6, 6.07) is 11.1. The van der Waals surface area contributed by atoms with Crippen molar-refractivity contribution in [1.82, 2.24) is 0 Å². The Morgan fingerprint density at radius 3 is 2.67 bits per heavy atom. The summed E-state index contributed by atoms with van der Waals surface area (Å²) in [6.45, 7) is 0. The summed E-state index contributed by atoms with van der Waals surface area (Å²) < 4.78 is 0. The average Bonchev–Trinajstić information content (AvgIpc) is 2.92. The molecule has 0 amide bonds. The molecule has 0 spiro atoms. The zero-order valence-corrected chi connectivity index (χ0v) is 10.5. The Hall–Kier alpha value is -0.300. The smallest absolute Gasteiger partial charge is 0.0282 e. The van der Waals surface area contributed by atoms with Crippen molar-refractivity contribution in [2.45, 2.75) is 42.3 Å². The lowest BCUT2D eigenvalue weighted by atomic mass is 9.89. The Bertz CT molecular complexity index is 346. The van der Waals surface area contributed by atoms with E-state index < -0.39 is 0 Å². The molecule has 0 aliphatic heterocycles. The Labute approximate surface area is 100 Å². The van der Waals surface area contributed by atoms with Gasteiger partial charge in [-0.25, -0.2) is 0 Å². The van der Waals surface area contributed by atoms with Crippen LogP contribution in [0, 0.1) is 5.92 Å². The van der Waals surface area contributed by atoms with E-state index in [0.29, 0.717) is 5.41 Å². The van der Waals surface area contributed by atoms with Crippen LogP contribution in [-0.2, 0) is 5.41 Å². The summed E-state index contributed by atoms with van der Waals surface area (Å²) in [5, 5.41) is 0. The van der Waals surface area contributed by atoms with E-state index in [1.165, 1.54) is 32.1 Å². The van der Waals surface area contributed by atoms with Crippen molar-refractivity contribution < 1.29 is 0 Å². The molecule has 2 fully saturated rings. The Morgan fingerprint density at radius 1 is 1.07 bits per heavy atom. The normalized spacial score (nSPS) is 39.3. The highest BCUT2D eigenvalue weighted by molar-refractivity contribution is 9.09. The average molecular weight is 265 g/mol. The molecule has 3 rings (SSSR count). The number of benzene rings is 1. The van der Waals surface area contributed by atoms with Gasteiger partial charge in [-0.05, 0) is 24.3 Å². The minimum absolute atomic E-state index is 0.498. The fourth-order valence-corrected chi connectivity index (χ4v) is 4.84. The van der Waals surface area contributed by atoms with Crippen molar-refractivity contribution in [2.24, 2.45) is 5.92 Å². The summed E-state index contributed by atoms with van der Waals surface area (Å²) in [7, 11) is 0. The molecular weight excluding hydrogens is 248 g/mol. The van der Waals surface area contributed by atoms with Crippen LogP contribution >= 0.6 is 15.9 Å². The second-order valence-electron chi connectivity index (χ2n) is 5.01. The van der Waals surface area contributed by atoms with Gasteiger partial charge in [0.15, 0.2) is 0 Å². The van der Waals surface area contributed by atoms with Crippen molar-refractivity contribution in [1.29, 1.82) is 0 Å². The van der Waals surface area contributed by atoms with Gasteiger partial charge in [0.2, 0.25) is 0 Å². The van der Waals surface area contributed by atoms with Gasteiger partial charge >= 0.3 is 0 Å². The molecule has 1 aromatic carbocycles. The first-order valence-electron chi connectivity index (χ1n) is 6.05. The molecular formula is C14H17Br. The van der Waals surface area contributed by atoms with Crippen LogP contribution in [0.25, 0.3) is 0 Å². The molecule has 0 saturated heterocycles. The van der Waals surface area contributed by atoms with E-state index in [1.807, 2.05) is 0 Å². The van der Waals surface area contributed by atoms with Crippen LogP contribution in [0.2, 0.25) is 0 Å². The van der Waals surface area contributed by atoms with Crippen LogP contribution in [0.1, 0.15) is 37.7 Å². The van der Waals surface area contributed by atoms with Crippen LogP contribution in [0.3, 0.4) is 0 Å². The lowest BCUT2D eigenvalue weighted by Gasteiger charge is -2.16. The lowest BCUT2D eigenvalue weighted by molar-refractivity contribution is 0.564. The van der Waals surface area contributed by atoms with Crippen LogP contribution in [0.15, 0.2) is 30.3 Å². The third kappa shape index (κ3) is 1.39. The number of alkyl halides is 1. The van der Waals surface area contributed by atoms with Gasteiger partial charge in [0, 0.05) is 10.2 Å². The monoisotopic (exact) mass is 264 g/mol. The van der Waals surface area contributed by atoms with Crippen molar-refractivity contribution >= 4 is 15.9 Å². The highest BCUT2D eigenvalue weighted by Crippen LogP contribution is 2.64.